The van der Waals surface area contributed by atoms with Gasteiger partial charge in [0.2, 0.25) is 0 Å². The molecule has 0 saturated carbocycles. The molecule has 0 saturated heterocycles. The highest BCUT2D eigenvalue weighted by molar-refractivity contribution is 5.85. The first kappa shape index (κ1) is 11.9. The monoisotopic (exact) mass is 153 g/mol. The minimum absolute atomic E-state index is 0. The topological polar surface area (TPSA) is 50.1 Å². The van der Waals surface area contributed by atoms with E-state index in [0.29, 0.717) is 0 Å². The van der Waals surface area contributed by atoms with E-state index in [1.54, 1.807) is 0 Å². The summed E-state index contributed by atoms with van der Waals surface area (Å²) < 4.78 is 0. The van der Waals surface area contributed by atoms with Crippen molar-refractivity contribution >= 4 is 12.4 Å². The number of likely N-dealkylation sites (N-methyl/N-ethyl adjacent to an activating group) is 1. The van der Waals surface area contributed by atoms with Crippen LogP contribution in [0.1, 0.15) is 0 Å². The Morgan fingerprint density at radius 2 is 1.89 bits per heavy atom. The first-order chi connectivity index (χ1) is 3.91. The molecule has 0 fully saturated rings. The fourth-order valence-electron chi connectivity index (χ4n) is 0.440. The van der Waals surface area contributed by atoms with Gasteiger partial charge in [-0.2, -0.15) is 0 Å². The van der Waals surface area contributed by atoms with Gasteiger partial charge in [-0.05, 0) is 7.05 Å². The Bertz CT molecular complexity index is 37.2. The van der Waals surface area contributed by atoms with Crippen molar-refractivity contribution in [2.75, 3.05) is 33.2 Å². The molecule has 0 heterocycles. The molecule has 4 heteroatoms. The molecule has 0 spiro atoms. The summed E-state index contributed by atoms with van der Waals surface area (Å²) in [6, 6.07) is 0. The Hall–Kier alpha value is 0.170. The lowest BCUT2D eigenvalue weighted by atomic mass is 10.6. The van der Waals surface area contributed by atoms with Gasteiger partial charge in [-0.15, -0.1) is 12.4 Å². The fraction of sp³-hybridized carbons (Fsp3) is 1.00. The highest BCUT2D eigenvalue weighted by Gasteiger charge is 1.79. The summed E-state index contributed by atoms with van der Waals surface area (Å²) in [7, 11) is 1.93. The molecule has 0 aromatic carbocycles. The number of hydrogen-bond donors (Lipinski definition) is 3. The highest BCUT2D eigenvalue weighted by Crippen LogP contribution is 1.53. The van der Waals surface area contributed by atoms with Crippen molar-refractivity contribution in [2.45, 2.75) is 0 Å². The molecule has 0 aliphatic carbocycles. The Labute approximate surface area is 62.8 Å². The summed E-state index contributed by atoms with van der Waals surface area (Å²) in [5.41, 5.74) is 5.23. The van der Waals surface area contributed by atoms with Gasteiger partial charge in [0.25, 0.3) is 0 Å². The van der Waals surface area contributed by atoms with Crippen molar-refractivity contribution in [1.82, 2.24) is 10.6 Å². The summed E-state index contributed by atoms with van der Waals surface area (Å²) in [5, 5.41) is 6.17. The number of nitrogens with one attached hydrogen (secondary N) is 2. The van der Waals surface area contributed by atoms with Crippen LogP contribution in [-0.2, 0) is 0 Å². The molecule has 0 amide bonds. The third kappa shape index (κ3) is 11.6. The van der Waals surface area contributed by atoms with Gasteiger partial charge in [0.15, 0.2) is 0 Å². The van der Waals surface area contributed by atoms with Crippen LogP contribution in [0.5, 0.6) is 0 Å². The van der Waals surface area contributed by atoms with Crippen LogP contribution in [0.25, 0.3) is 0 Å². The van der Waals surface area contributed by atoms with Crippen LogP contribution in [0.15, 0.2) is 0 Å². The average molecular weight is 154 g/mol. The van der Waals surface area contributed by atoms with Crippen molar-refractivity contribution in [2.24, 2.45) is 5.73 Å². The highest BCUT2D eigenvalue weighted by atomic mass is 35.5. The summed E-state index contributed by atoms with van der Waals surface area (Å²) in [6.07, 6.45) is 0. The lowest BCUT2D eigenvalue weighted by molar-refractivity contribution is 0.654. The molecule has 0 aromatic rings. The predicted octanol–water partition coefficient (Wildman–Crippen LogP) is -0.824. The van der Waals surface area contributed by atoms with Crippen LogP contribution in [0.3, 0.4) is 0 Å². The molecular formula is C5H16ClN3. The molecule has 0 aromatic heterocycles. The van der Waals surface area contributed by atoms with Gasteiger partial charge in [-0.25, -0.2) is 0 Å². The normalized spacial score (nSPS) is 8.67. The zero-order valence-electron chi connectivity index (χ0n) is 5.81. The number of rotatable bonds is 5. The van der Waals surface area contributed by atoms with Gasteiger partial charge in [0, 0.05) is 26.2 Å². The molecule has 0 bridgehead atoms. The zero-order valence-corrected chi connectivity index (χ0v) is 6.63. The van der Waals surface area contributed by atoms with E-state index in [0.717, 1.165) is 26.2 Å². The van der Waals surface area contributed by atoms with Crippen molar-refractivity contribution < 1.29 is 0 Å². The summed E-state index contributed by atoms with van der Waals surface area (Å²) in [4.78, 5) is 0. The van der Waals surface area contributed by atoms with Gasteiger partial charge in [0.1, 0.15) is 0 Å². The zero-order chi connectivity index (χ0) is 6.24. The largest absolute Gasteiger partial charge is 0.329 e. The summed E-state index contributed by atoms with van der Waals surface area (Å²) in [6.45, 7) is 3.67. The Morgan fingerprint density at radius 3 is 2.33 bits per heavy atom. The summed E-state index contributed by atoms with van der Waals surface area (Å²) in [5.74, 6) is 0. The molecule has 58 valence electrons. The Balaban J connectivity index is 0. The van der Waals surface area contributed by atoms with E-state index >= 15 is 0 Å². The number of halogens is 1. The third-order valence-corrected chi connectivity index (χ3v) is 0.873. The van der Waals surface area contributed by atoms with Crippen molar-refractivity contribution in [3.05, 3.63) is 0 Å². The SMILES string of the molecule is CNCCNCCN.Cl. The van der Waals surface area contributed by atoms with Gasteiger partial charge in [-0.1, -0.05) is 0 Å². The lowest BCUT2D eigenvalue weighted by Crippen LogP contribution is -2.29. The molecule has 4 N–H and O–H groups in total. The van der Waals surface area contributed by atoms with Crippen molar-refractivity contribution in [3.63, 3.8) is 0 Å². The molecule has 0 rings (SSSR count). The van der Waals surface area contributed by atoms with Gasteiger partial charge in [0.05, 0.1) is 0 Å². The summed E-state index contributed by atoms with van der Waals surface area (Å²) >= 11 is 0. The standard InChI is InChI=1S/C5H15N3.ClH/c1-7-4-5-8-3-2-6;/h7-8H,2-6H2,1H3;1H. The minimum atomic E-state index is 0. The Kier molecular flexibility index (Phi) is 14.6. The first-order valence-corrected chi connectivity index (χ1v) is 2.97. The smallest absolute Gasteiger partial charge is 0.00771 e. The van der Waals surface area contributed by atoms with Crippen molar-refractivity contribution in [3.8, 4) is 0 Å². The van der Waals surface area contributed by atoms with E-state index in [4.69, 9.17) is 5.73 Å². The predicted molar refractivity (Wildman–Crippen MR) is 43.1 cm³/mol. The van der Waals surface area contributed by atoms with Crippen molar-refractivity contribution in [1.29, 1.82) is 0 Å². The van der Waals surface area contributed by atoms with E-state index in [1.807, 2.05) is 7.05 Å². The number of nitrogens with two attached hydrogens (primary N) is 1. The molecule has 0 aliphatic rings. The maximum atomic E-state index is 5.23. The quantitative estimate of drug-likeness (QED) is 0.453. The fourth-order valence-corrected chi connectivity index (χ4v) is 0.440. The maximum absolute atomic E-state index is 5.23. The second-order valence-electron chi connectivity index (χ2n) is 1.64. The van der Waals surface area contributed by atoms with E-state index in [-0.39, 0.29) is 12.4 Å². The molecule has 9 heavy (non-hydrogen) atoms. The third-order valence-electron chi connectivity index (χ3n) is 0.873. The van der Waals surface area contributed by atoms with Crippen LogP contribution in [-0.4, -0.2) is 33.2 Å². The van der Waals surface area contributed by atoms with E-state index in [9.17, 15) is 0 Å². The van der Waals surface area contributed by atoms with E-state index in [2.05, 4.69) is 10.6 Å². The lowest BCUT2D eigenvalue weighted by Gasteiger charge is -1.99. The number of hydrogen-bond acceptors (Lipinski definition) is 3. The maximum Gasteiger partial charge on any atom is 0.00771 e. The minimum Gasteiger partial charge on any atom is -0.329 e. The average Bonchev–Trinajstić information content (AvgIpc) is 1.81. The van der Waals surface area contributed by atoms with Gasteiger partial charge < -0.3 is 16.4 Å². The molecule has 0 atom stereocenters. The Morgan fingerprint density at radius 1 is 1.22 bits per heavy atom. The van der Waals surface area contributed by atoms with E-state index < -0.39 is 0 Å². The second-order valence-corrected chi connectivity index (χ2v) is 1.64. The first-order valence-electron chi connectivity index (χ1n) is 2.97. The van der Waals surface area contributed by atoms with Crippen LogP contribution < -0.4 is 16.4 Å². The molecule has 0 aliphatic heterocycles. The molecule has 0 radical (unpaired) electrons. The molecule has 3 nitrogen and oxygen atoms in total. The van der Waals surface area contributed by atoms with Crippen LogP contribution in [0, 0.1) is 0 Å². The van der Waals surface area contributed by atoms with Gasteiger partial charge in [-0.3, -0.25) is 0 Å². The van der Waals surface area contributed by atoms with Crippen LogP contribution in [0.2, 0.25) is 0 Å². The molecule has 0 unspecified atom stereocenters. The van der Waals surface area contributed by atoms with Crippen LogP contribution in [0.4, 0.5) is 0 Å². The van der Waals surface area contributed by atoms with Gasteiger partial charge >= 0.3 is 0 Å². The molecular weight excluding hydrogens is 138 g/mol. The van der Waals surface area contributed by atoms with Crippen LogP contribution >= 0.6 is 12.4 Å². The second kappa shape index (κ2) is 11.0. The van der Waals surface area contributed by atoms with E-state index in [1.165, 1.54) is 0 Å².